The highest BCUT2D eigenvalue weighted by Gasteiger charge is 2.15. The van der Waals surface area contributed by atoms with Crippen molar-refractivity contribution in [1.82, 2.24) is 9.55 Å². The van der Waals surface area contributed by atoms with Gasteiger partial charge in [0.1, 0.15) is 5.82 Å². The molecule has 0 fully saturated rings. The molecule has 0 radical (unpaired) electrons. The second kappa shape index (κ2) is 6.72. The number of anilines is 1. The zero-order chi connectivity index (χ0) is 14.5. The number of nitrogens with two attached hydrogens (primary N) is 1. The fraction of sp³-hybridized carbons (Fsp3) is 0.357. The molecule has 4 nitrogen and oxygen atoms in total. The van der Waals surface area contributed by atoms with Gasteiger partial charge in [-0.1, -0.05) is 18.5 Å². The van der Waals surface area contributed by atoms with Gasteiger partial charge in [0.2, 0.25) is 0 Å². The minimum absolute atomic E-state index is 0.164. The zero-order valence-electron chi connectivity index (χ0n) is 11.3. The highest BCUT2D eigenvalue weighted by atomic mass is 35.5. The van der Waals surface area contributed by atoms with Crippen molar-refractivity contribution in [3.63, 3.8) is 0 Å². The van der Waals surface area contributed by atoms with Gasteiger partial charge in [0.15, 0.2) is 0 Å². The molecule has 0 spiro atoms. The lowest BCUT2D eigenvalue weighted by Gasteiger charge is -2.20. The molecular weight excluding hydrogens is 279 g/mol. The number of aromatic nitrogens is 2. The van der Waals surface area contributed by atoms with Crippen molar-refractivity contribution in [3.05, 3.63) is 47.3 Å². The second-order valence-electron chi connectivity index (χ2n) is 4.57. The van der Waals surface area contributed by atoms with Crippen LogP contribution in [0.25, 0.3) is 0 Å². The maximum atomic E-state index is 13.3. The van der Waals surface area contributed by atoms with Gasteiger partial charge >= 0.3 is 0 Å². The third kappa shape index (κ3) is 3.29. The van der Waals surface area contributed by atoms with Crippen LogP contribution in [0, 0.1) is 5.82 Å². The topological polar surface area (TPSA) is 55.9 Å². The maximum absolute atomic E-state index is 13.3. The van der Waals surface area contributed by atoms with E-state index in [1.807, 2.05) is 4.57 Å². The summed E-state index contributed by atoms with van der Waals surface area (Å²) >= 11 is 6.07. The molecule has 20 heavy (non-hydrogen) atoms. The maximum Gasteiger partial charge on any atom is 0.125 e. The van der Waals surface area contributed by atoms with Crippen molar-refractivity contribution in [3.8, 4) is 0 Å². The lowest BCUT2D eigenvalue weighted by molar-refractivity contribution is 0.611. The minimum atomic E-state index is -0.338. The third-order valence-corrected chi connectivity index (χ3v) is 3.39. The van der Waals surface area contributed by atoms with Gasteiger partial charge in [0.05, 0.1) is 35.0 Å². The average Bonchev–Trinajstić information content (AvgIpc) is 2.88. The summed E-state index contributed by atoms with van der Waals surface area (Å²) in [7, 11) is 0. The summed E-state index contributed by atoms with van der Waals surface area (Å²) in [6.45, 7) is 3.32. The number of benzene rings is 1. The van der Waals surface area contributed by atoms with Gasteiger partial charge in [-0.15, -0.1) is 0 Å². The fourth-order valence-corrected chi connectivity index (χ4v) is 2.27. The van der Waals surface area contributed by atoms with Crippen LogP contribution < -0.4 is 11.1 Å². The highest BCUT2D eigenvalue weighted by Crippen LogP contribution is 2.26. The number of rotatable bonds is 6. The van der Waals surface area contributed by atoms with Crippen LogP contribution >= 0.6 is 11.6 Å². The minimum Gasteiger partial charge on any atom is -0.374 e. The quantitative estimate of drug-likeness (QED) is 0.861. The van der Waals surface area contributed by atoms with Gasteiger partial charge in [-0.25, -0.2) is 9.37 Å². The third-order valence-electron chi connectivity index (χ3n) is 3.06. The molecule has 2 aromatic rings. The number of nitrogens with one attached hydrogen (secondary N) is 1. The summed E-state index contributed by atoms with van der Waals surface area (Å²) in [6, 6.07) is 4.05. The Bertz CT molecular complexity index is 570. The molecule has 3 N–H and O–H groups in total. The average molecular weight is 297 g/mol. The van der Waals surface area contributed by atoms with Crippen molar-refractivity contribution in [2.75, 3.05) is 11.9 Å². The normalized spacial score (nSPS) is 12.4. The van der Waals surface area contributed by atoms with Crippen LogP contribution in [-0.4, -0.2) is 16.1 Å². The Kier molecular flexibility index (Phi) is 4.98. The smallest absolute Gasteiger partial charge is 0.125 e. The van der Waals surface area contributed by atoms with Gasteiger partial charge in [-0.05, 0) is 24.6 Å². The van der Waals surface area contributed by atoms with Gasteiger partial charge < -0.3 is 15.6 Å². The molecule has 1 aromatic heterocycles. The highest BCUT2D eigenvalue weighted by molar-refractivity contribution is 6.33. The molecule has 2 rings (SSSR count). The zero-order valence-corrected chi connectivity index (χ0v) is 12.1. The number of hydrogen-bond donors (Lipinski definition) is 2. The molecule has 0 aliphatic heterocycles. The Hall–Kier alpha value is -1.59. The van der Waals surface area contributed by atoms with Crippen molar-refractivity contribution in [2.45, 2.75) is 25.9 Å². The summed E-state index contributed by atoms with van der Waals surface area (Å²) in [5, 5.41) is 3.65. The fourth-order valence-electron chi connectivity index (χ4n) is 2.10. The first-order valence-corrected chi connectivity index (χ1v) is 6.95. The van der Waals surface area contributed by atoms with E-state index in [4.69, 9.17) is 17.3 Å². The summed E-state index contributed by atoms with van der Waals surface area (Å²) in [4.78, 5) is 4.15. The van der Waals surface area contributed by atoms with Crippen LogP contribution in [0.4, 0.5) is 10.1 Å². The van der Waals surface area contributed by atoms with Crippen LogP contribution in [-0.2, 0) is 6.54 Å². The van der Waals surface area contributed by atoms with Gasteiger partial charge in [-0.3, -0.25) is 0 Å². The first kappa shape index (κ1) is 14.8. The van der Waals surface area contributed by atoms with Gasteiger partial charge in [0, 0.05) is 13.1 Å². The molecule has 0 amide bonds. The van der Waals surface area contributed by atoms with Gasteiger partial charge in [-0.2, -0.15) is 0 Å². The lowest BCUT2D eigenvalue weighted by Crippen LogP contribution is -2.23. The van der Waals surface area contributed by atoms with E-state index < -0.39 is 0 Å². The summed E-state index contributed by atoms with van der Waals surface area (Å²) < 4.78 is 15.3. The molecule has 0 bridgehead atoms. The van der Waals surface area contributed by atoms with E-state index in [0.29, 0.717) is 17.3 Å². The number of halogens is 2. The molecule has 6 heteroatoms. The number of hydrogen-bond acceptors (Lipinski definition) is 3. The van der Waals surface area contributed by atoms with E-state index >= 15 is 0 Å². The first-order valence-electron chi connectivity index (χ1n) is 6.57. The molecule has 0 aliphatic carbocycles. The molecule has 108 valence electrons. The van der Waals surface area contributed by atoms with E-state index in [-0.39, 0.29) is 11.9 Å². The second-order valence-corrected chi connectivity index (χ2v) is 4.98. The molecule has 0 saturated carbocycles. The summed E-state index contributed by atoms with van der Waals surface area (Å²) in [6.07, 6.45) is 4.55. The Morgan fingerprint density at radius 2 is 2.30 bits per heavy atom. The number of nitrogens with zero attached hydrogens (tertiary/aromatic N) is 2. The van der Waals surface area contributed by atoms with E-state index in [9.17, 15) is 4.39 Å². The number of imidazole rings is 1. The standard InChI is InChI=1S/C14H18ClFN4/c1-2-5-20-9-18-8-14(20)13(7-17)19-12-6-10(16)3-4-11(12)15/h3-4,6,8-9,13,19H,2,5,7,17H2,1H3. The molecule has 0 aliphatic rings. The Morgan fingerprint density at radius 1 is 1.50 bits per heavy atom. The predicted molar refractivity (Wildman–Crippen MR) is 79.3 cm³/mol. The Balaban J connectivity index is 2.24. The Morgan fingerprint density at radius 3 is 3.00 bits per heavy atom. The van der Waals surface area contributed by atoms with E-state index in [0.717, 1.165) is 18.7 Å². The monoisotopic (exact) mass is 296 g/mol. The van der Waals surface area contributed by atoms with Crippen molar-refractivity contribution < 1.29 is 4.39 Å². The van der Waals surface area contributed by atoms with Crippen molar-refractivity contribution in [2.24, 2.45) is 5.73 Å². The predicted octanol–water partition coefficient (Wildman–Crippen LogP) is 3.20. The molecule has 1 atom stereocenters. The van der Waals surface area contributed by atoms with E-state index in [1.165, 1.54) is 18.2 Å². The van der Waals surface area contributed by atoms with Crippen LogP contribution in [0.1, 0.15) is 25.1 Å². The van der Waals surface area contributed by atoms with Crippen LogP contribution in [0.2, 0.25) is 5.02 Å². The van der Waals surface area contributed by atoms with Crippen LogP contribution in [0.3, 0.4) is 0 Å². The Labute approximate surface area is 122 Å². The van der Waals surface area contributed by atoms with Crippen molar-refractivity contribution >= 4 is 17.3 Å². The van der Waals surface area contributed by atoms with E-state index in [2.05, 4.69) is 17.2 Å². The van der Waals surface area contributed by atoms with Gasteiger partial charge in [0.25, 0.3) is 0 Å². The summed E-state index contributed by atoms with van der Waals surface area (Å²) in [5.74, 6) is -0.338. The van der Waals surface area contributed by atoms with Crippen LogP contribution in [0.5, 0.6) is 0 Å². The SMILES string of the molecule is CCCn1cncc1C(CN)Nc1cc(F)ccc1Cl. The van der Waals surface area contributed by atoms with Crippen molar-refractivity contribution in [1.29, 1.82) is 0 Å². The number of aryl methyl sites for hydroxylation is 1. The molecule has 1 unspecified atom stereocenters. The molecule has 1 aromatic carbocycles. The first-order chi connectivity index (χ1) is 9.65. The lowest BCUT2D eigenvalue weighted by atomic mass is 10.2. The summed E-state index contributed by atoms with van der Waals surface area (Å²) in [5.41, 5.74) is 7.33. The molecule has 0 saturated heterocycles. The molecular formula is C14H18ClFN4. The van der Waals surface area contributed by atoms with E-state index in [1.54, 1.807) is 12.5 Å². The molecule has 1 heterocycles. The largest absolute Gasteiger partial charge is 0.374 e. The van der Waals surface area contributed by atoms with Crippen LogP contribution in [0.15, 0.2) is 30.7 Å².